The molecule has 0 aliphatic carbocycles. The van der Waals surface area contributed by atoms with Gasteiger partial charge in [0.05, 0.1) is 13.2 Å². The van der Waals surface area contributed by atoms with Gasteiger partial charge in [0.15, 0.2) is 0 Å². The van der Waals surface area contributed by atoms with E-state index in [1.54, 1.807) is 0 Å². The van der Waals surface area contributed by atoms with Crippen molar-refractivity contribution in [1.29, 1.82) is 0 Å². The van der Waals surface area contributed by atoms with E-state index >= 15 is 0 Å². The van der Waals surface area contributed by atoms with Gasteiger partial charge in [-0.25, -0.2) is 10.6 Å². The molecule has 1 saturated heterocycles. The lowest BCUT2D eigenvalue weighted by molar-refractivity contribution is -0.141. The summed E-state index contributed by atoms with van der Waals surface area (Å²) in [5, 5.41) is 0.172. The van der Waals surface area contributed by atoms with Gasteiger partial charge in [-0.2, -0.15) is 13.2 Å². The van der Waals surface area contributed by atoms with Crippen molar-refractivity contribution in [2.45, 2.75) is 6.18 Å². The summed E-state index contributed by atoms with van der Waals surface area (Å²) in [5.41, 5.74) is 0. The molecule has 1 aliphatic heterocycles. The largest absolute Gasteiger partial charge is 0.407 e. The molecule has 0 aromatic rings. The smallest absolute Gasteiger partial charge is 0.378 e. The van der Waals surface area contributed by atoms with Crippen molar-refractivity contribution in [3.8, 4) is 0 Å². The minimum absolute atomic E-state index is 0.172. The number of ether oxygens (including phenoxy) is 1. The van der Waals surface area contributed by atoms with E-state index in [0.29, 0.717) is 13.2 Å². The minimum atomic E-state index is -4.48. The van der Waals surface area contributed by atoms with Crippen molar-refractivity contribution in [3.63, 3.8) is 0 Å². The van der Waals surface area contributed by atoms with Crippen LogP contribution < -0.4 is 5.84 Å². The number of alkyl halides is 3. The van der Waals surface area contributed by atoms with Gasteiger partial charge in [0.25, 0.3) is 0 Å². The Labute approximate surface area is 84.5 Å². The first-order valence-corrected chi connectivity index (χ1v) is 4.36. The van der Waals surface area contributed by atoms with Gasteiger partial charge < -0.3 is 9.64 Å². The van der Waals surface area contributed by atoms with E-state index in [4.69, 9.17) is 10.6 Å². The molecule has 0 aromatic heterocycles. The number of carbonyl (C=O) groups excluding carboxylic acids is 1. The maximum Gasteiger partial charge on any atom is 0.407 e. The first kappa shape index (κ1) is 12.1. The number of carbonyl (C=O) groups is 1. The van der Waals surface area contributed by atoms with E-state index in [0.717, 1.165) is 0 Å². The van der Waals surface area contributed by atoms with Gasteiger partial charge in [-0.05, 0) is 0 Å². The van der Waals surface area contributed by atoms with E-state index < -0.39 is 18.8 Å². The van der Waals surface area contributed by atoms with Gasteiger partial charge >= 0.3 is 12.2 Å². The van der Waals surface area contributed by atoms with Gasteiger partial charge in [-0.1, -0.05) is 0 Å². The minimum Gasteiger partial charge on any atom is -0.378 e. The molecule has 0 radical (unpaired) electrons. The Morgan fingerprint density at radius 1 is 1.40 bits per heavy atom. The molecular weight excluding hydrogens is 215 g/mol. The van der Waals surface area contributed by atoms with Gasteiger partial charge in [0, 0.05) is 13.1 Å². The Morgan fingerprint density at radius 3 is 2.40 bits per heavy atom. The molecule has 1 fully saturated rings. The van der Waals surface area contributed by atoms with E-state index in [-0.39, 0.29) is 18.1 Å². The second-order valence-corrected chi connectivity index (χ2v) is 3.13. The molecular formula is C7H12F3N3O2. The first-order chi connectivity index (χ1) is 6.90. The number of hydrazine groups is 1. The molecule has 0 saturated carbocycles. The molecule has 0 aromatic carbocycles. The van der Waals surface area contributed by atoms with Crippen LogP contribution in [0.5, 0.6) is 0 Å². The molecule has 0 unspecified atom stereocenters. The van der Waals surface area contributed by atoms with Crippen LogP contribution >= 0.6 is 0 Å². The number of nitrogens with two attached hydrogens (primary N) is 1. The average Bonchev–Trinajstić information content (AvgIpc) is 2.15. The summed E-state index contributed by atoms with van der Waals surface area (Å²) in [4.78, 5) is 12.6. The summed E-state index contributed by atoms with van der Waals surface area (Å²) >= 11 is 0. The molecule has 0 spiro atoms. The maximum absolute atomic E-state index is 11.9. The van der Waals surface area contributed by atoms with E-state index in [9.17, 15) is 18.0 Å². The Morgan fingerprint density at radius 2 is 1.93 bits per heavy atom. The van der Waals surface area contributed by atoms with Crippen LogP contribution in [0.2, 0.25) is 0 Å². The van der Waals surface area contributed by atoms with Crippen LogP contribution in [0, 0.1) is 0 Å². The monoisotopic (exact) mass is 227 g/mol. The van der Waals surface area contributed by atoms with Crippen LogP contribution in [-0.2, 0) is 4.74 Å². The predicted octanol–water partition coefficient (Wildman–Crippen LogP) is 0.177. The summed E-state index contributed by atoms with van der Waals surface area (Å²) in [6.07, 6.45) is -4.48. The van der Waals surface area contributed by atoms with Gasteiger partial charge in [0.1, 0.15) is 6.54 Å². The van der Waals surface area contributed by atoms with Crippen LogP contribution in [-0.4, -0.2) is 55.0 Å². The topological polar surface area (TPSA) is 58.8 Å². The Bertz CT molecular complexity index is 228. The van der Waals surface area contributed by atoms with E-state index in [2.05, 4.69) is 0 Å². The molecule has 5 nitrogen and oxygen atoms in total. The van der Waals surface area contributed by atoms with E-state index in [1.807, 2.05) is 0 Å². The van der Waals surface area contributed by atoms with E-state index in [1.165, 1.54) is 4.90 Å². The zero-order valence-electron chi connectivity index (χ0n) is 7.96. The lowest BCUT2D eigenvalue weighted by atomic mass is 10.4. The molecule has 2 N–H and O–H groups in total. The second kappa shape index (κ2) is 4.67. The molecule has 2 amide bonds. The third-order valence-electron chi connectivity index (χ3n) is 1.88. The van der Waals surface area contributed by atoms with Crippen LogP contribution in [0.15, 0.2) is 0 Å². The molecule has 1 rings (SSSR count). The number of hydrogen-bond donors (Lipinski definition) is 1. The molecule has 0 atom stereocenters. The lowest BCUT2D eigenvalue weighted by Crippen LogP contribution is -2.53. The van der Waals surface area contributed by atoms with Crippen LogP contribution in [0.25, 0.3) is 0 Å². The molecule has 8 heteroatoms. The van der Waals surface area contributed by atoms with Crippen molar-refractivity contribution in [1.82, 2.24) is 9.91 Å². The standard InChI is InChI=1S/C7H12F3N3O2/c8-7(9,10)5-13(11)6(14)12-1-3-15-4-2-12/h1-5,11H2. The number of halogens is 3. The van der Waals surface area contributed by atoms with Crippen molar-refractivity contribution in [3.05, 3.63) is 0 Å². The van der Waals surface area contributed by atoms with Crippen LogP contribution in [0.1, 0.15) is 0 Å². The predicted molar refractivity (Wildman–Crippen MR) is 44.7 cm³/mol. The molecule has 88 valence electrons. The summed E-state index contributed by atoms with van der Waals surface area (Å²) in [6, 6.07) is -0.823. The van der Waals surface area contributed by atoms with Crippen LogP contribution in [0.3, 0.4) is 0 Å². The summed E-state index contributed by atoms with van der Waals surface area (Å²) in [5.74, 6) is 5.02. The number of hydrogen-bond acceptors (Lipinski definition) is 3. The maximum atomic E-state index is 11.9. The molecule has 15 heavy (non-hydrogen) atoms. The second-order valence-electron chi connectivity index (χ2n) is 3.13. The molecule has 1 aliphatic rings. The van der Waals surface area contributed by atoms with Crippen molar-refractivity contribution < 1.29 is 22.7 Å². The Hall–Kier alpha value is -1.02. The van der Waals surface area contributed by atoms with Crippen molar-refractivity contribution in [2.75, 3.05) is 32.8 Å². The fourth-order valence-corrected chi connectivity index (χ4v) is 1.20. The Kier molecular flexibility index (Phi) is 3.75. The quantitative estimate of drug-likeness (QED) is 0.395. The zero-order chi connectivity index (χ0) is 11.5. The number of rotatable bonds is 1. The van der Waals surface area contributed by atoms with Crippen molar-refractivity contribution in [2.24, 2.45) is 5.84 Å². The fraction of sp³-hybridized carbons (Fsp3) is 0.857. The lowest BCUT2D eigenvalue weighted by Gasteiger charge is -2.30. The van der Waals surface area contributed by atoms with Gasteiger partial charge in [-0.3, -0.25) is 5.01 Å². The van der Waals surface area contributed by atoms with Crippen molar-refractivity contribution >= 4 is 6.03 Å². The summed E-state index contributed by atoms with van der Waals surface area (Å²) in [6.45, 7) is -0.255. The fourth-order valence-electron chi connectivity index (χ4n) is 1.20. The SMILES string of the molecule is NN(CC(F)(F)F)C(=O)N1CCOCC1. The number of urea groups is 1. The highest BCUT2D eigenvalue weighted by atomic mass is 19.4. The Balaban J connectivity index is 2.44. The number of nitrogens with zero attached hydrogens (tertiary/aromatic N) is 2. The third kappa shape index (κ3) is 3.92. The first-order valence-electron chi connectivity index (χ1n) is 4.36. The highest BCUT2D eigenvalue weighted by Gasteiger charge is 2.33. The normalized spacial score (nSPS) is 17.7. The zero-order valence-corrected chi connectivity index (χ0v) is 7.96. The summed E-state index contributed by atoms with van der Waals surface area (Å²) in [7, 11) is 0. The summed E-state index contributed by atoms with van der Waals surface area (Å²) < 4.78 is 40.7. The molecule has 0 bridgehead atoms. The highest BCUT2D eigenvalue weighted by Crippen LogP contribution is 2.15. The average molecular weight is 227 g/mol. The van der Waals surface area contributed by atoms with Gasteiger partial charge in [0.2, 0.25) is 0 Å². The number of amides is 2. The number of morpholine rings is 1. The van der Waals surface area contributed by atoms with Crippen LogP contribution in [0.4, 0.5) is 18.0 Å². The highest BCUT2D eigenvalue weighted by molar-refractivity contribution is 5.73. The van der Waals surface area contributed by atoms with Gasteiger partial charge in [-0.15, -0.1) is 0 Å². The molecule has 1 heterocycles. The third-order valence-corrected chi connectivity index (χ3v) is 1.88.